The molecule has 40 heavy (non-hydrogen) atoms. The second kappa shape index (κ2) is 11.2. The van der Waals surface area contributed by atoms with Crippen LogP contribution in [-0.2, 0) is 6.18 Å². The summed E-state index contributed by atoms with van der Waals surface area (Å²) in [5.74, 6) is -1.09. The van der Waals surface area contributed by atoms with Crippen molar-refractivity contribution < 1.29 is 27.8 Å². The Hall–Kier alpha value is -4.67. The Morgan fingerprint density at radius 3 is 2.40 bits per heavy atom. The fraction of sp³-hybridized carbons (Fsp3) is 0.241. The molecule has 4 rings (SSSR count). The van der Waals surface area contributed by atoms with Gasteiger partial charge in [0.1, 0.15) is 11.4 Å². The van der Waals surface area contributed by atoms with Gasteiger partial charge in [-0.05, 0) is 63.1 Å². The summed E-state index contributed by atoms with van der Waals surface area (Å²) >= 11 is 0. The number of alkyl halides is 3. The molecule has 0 radical (unpaired) electrons. The first-order valence-electron chi connectivity index (χ1n) is 12.3. The zero-order valence-corrected chi connectivity index (χ0v) is 22.4. The molecule has 8 nitrogen and oxygen atoms in total. The van der Waals surface area contributed by atoms with Crippen LogP contribution < -0.4 is 10.1 Å². The quantitative estimate of drug-likeness (QED) is 0.215. The van der Waals surface area contributed by atoms with Crippen LogP contribution in [0.2, 0.25) is 0 Å². The number of aromatic nitrogens is 4. The van der Waals surface area contributed by atoms with Gasteiger partial charge in [0.15, 0.2) is 0 Å². The maximum Gasteiger partial charge on any atom is 0.418 e. The molecule has 0 aliphatic rings. The standard InChI is InChI=1S/C29H28F3N5O3/c1-16(2)7-9-40-26-22(27(38)39)13-20(14-33-26)23-15-34-28(35-21-11-17(3)10-18(4)12-21)36-25(23)37-8-6-24(19(37)5)29(30,31)32/h6,8,10-15H,1,7,9H2,2-5H3,(H,38,39)(H,34,35,36). The summed E-state index contributed by atoms with van der Waals surface area (Å²) < 4.78 is 47.7. The smallest absolute Gasteiger partial charge is 0.418 e. The molecule has 0 aliphatic heterocycles. The summed E-state index contributed by atoms with van der Waals surface area (Å²) in [4.78, 5) is 25.1. The molecule has 1 aromatic carbocycles. The molecule has 2 N–H and O–H groups in total. The van der Waals surface area contributed by atoms with Gasteiger partial charge in [0.2, 0.25) is 11.8 Å². The minimum atomic E-state index is -4.57. The minimum Gasteiger partial charge on any atom is -0.477 e. The van der Waals surface area contributed by atoms with Crippen LogP contribution in [0.25, 0.3) is 16.9 Å². The van der Waals surface area contributed by atoms with E-state index in [4.69, 9.17) is 4.74 Å². The van der Waals surface area contributed by atoms with Crippen LogP contribution in [0.4, 0.5) is 24.8 Å². The van der Waals surface area contributed by atoms with Gasteiger partial charge >= 0.3 is 12.1 Å². The topological polar surface area (TPSA) is 102 Å². The Labute approximate surface area is 229 Å². The second-order valence-electron chi connectivity index (χ2n) is 9.55. The number of hydrogen-bond acceptors (Lipinski definition) is 6. The van der Waals surface area contributed by atoms with Gasteiger partial charge in [0, 0.05) is 47.5 Å². The molecule has 0 fully saturated rings. The Morgan fingerprint density at radius 2 is 1.80 bits per heavy atom. The van der Waals surface area contributed by atoms with Crippen molar-refractivity contribution in [2.24, 2.45) is 0 Å². The summed E-state index contributed by atoms with van der Waals surface area (Å²) in [6, 6.07) is 8.09. The number of carboxylic acids is 1. The SMILES string of the molecule is C=C(C)CCOc1ncc(-c2cnc(Nc3cc(C)cc(C)c3)nc2-n2ccc(C(F)(F)F)c2C)cc1C(=O)O. The molecule has 0 saturated carbocycles. The number of nitrogens with zero attached hydrogens (tertiary/aromatic N) is 4. The molecule has 0 amide bonds. The maximum atomic E-state index is 13.6. The van der Waals surface area contributed by atoms with E-state index in [1.807, 2.05) is 39.0 Å². The zero-order chi connectivity index (χ0) is 29.2. The highest BCUT2D eigenvalue weighted by molar-refractivity contribution is 5.92. The van der Waals surface area contributed by atoms with Crippen molar-refractivity contribution in [1.82, 2.24) is 19.5 Å². The van der Waals surface area contributed by atoms with Gasteiger partial charge in [-0.2, -0.15) is 18.2 Å². The van der Waals surface area contributed by atoms with Crippen LogP contribution in [0, 0.1) is 20.8 Å². The first-order valence-corrected chi connectivity index (χ1v) is 12.3. The number of aromatic carboxylic acids is 1. The Morgan fingerprint density at radius 1 is 1.10 bits per heavy atom. The lowest BCUT2D eigenvalue weighted by Crippen LogP contribution is -2.10. The van der Waals surface area contributed by atoms with Crippen molar-refractivity contribution in [3.63, 3.8) is 0 Å². The lowest BCUT2D eigenvalue weighted by Gasteiger charge is -2.16. The molecule has 0 atom stereocenters. The van der Waals surface area contributed by atoms with E-state index in [9.17, 15) is 23.1 Å². The van der Waals surface area contributed by atoms with Crippen molar-refractivity contribution >= 4 is 17.6 Å². The Kier molecular flexibility index (Phi) is 7.94. The predicted molar refractivity (Wildman–Crippen MR) is 145 cm³/mol. The van der Waals surface area contributed by atoms with E-state index in [0.29, 0.717) is 17.7 Å². The first-order chi connectivity index (χ1) is 18.8. The van der Waals surface area contributed by atoms with Crippen molar-refractivity contribution in [3.05, 3.63) is 89.0 Å². The van der Waals surface area contributed by atoms with E-state index in [-0.39, 0.29) is 41.1 Å². The molecule has 11 heteroatoms. The highest BCUT2D eigenvalue weighted by Crippen LogP contribution is 2.36. The van der Waals surface area contributed by atoms with Crippen LogP contribution in [0.1, 0.15) is 46.1 Å². The number of anilines is 2. The third-order valence-electron chi connectivity index (χ3n) is 6.08. The third kappa shape index (κ3) is 6.31. The molecule has 4 aromatic rings. The zero-order valence-electron chi connectivity index (χ0n) is 22.4. The van der Waals surface area contributed by atoms with Crippen molar-refractivity contribution in [1.29, 1.82) is 0 Å². The number of halogens is 3. The number of hydrogen-bond donors (Lipinski definition) is 2. The maximum absolute atomic E-state index is 13.6. The van der Waals surface area contributed by atoms with Crippen molar-refractivity contribution in [3.8, 4) is 22.8 Å². The summed E-state index contributed by atoms with van der Waals surface area (Å²) in [5.41, 5.74) is 3.06. The van der Waals surface area contributed by atoms with Crippen molar-refractivity contribution in [2.45, 2.75) is 40.3 Å². The molecular formula is C29H28F3N5O3. The highest BCUT2D eigenvalue weighted by Gasteiger charge is 2.34. The van der Waals surface area contributed by atoms with Gasteiger partial charge in [0.25, 0.3) is 0 Å². The van der Waals surface area contributed by atoms with E-state index < -0.39 is 17.7 Å². The summed E-state index contributed by atoms with van der Waals surface area (Å²) in [7, 11) is 0. The monoisotopic (exact) mass is 551 g/mol. The average molecular weight is 552 g/mol. The molecule has 0 unspecified atom stereocenters. The molecule has 0 saturated heterocycles. The van der Waals surface area contributed by atoms with E-state index in [1.165, 1.54) is 36.1 Å². The van der Waals surface area contributed by atoms with Gasteiger partial charge in [-0.25, -0.2) is 14.8 Å². The Balaban J connectivity index is 1.84. The third-order valence-corrected chi connectivity index (χ3v) is 6.08. The molecule has 0 aliphatic carbocycles. The predicted octanol–water partition coefficient (Wildman–Crippen LogP) is 7.06. The number of benzene rings is 1. The van der Waals surface area contributed by atoms with E-state index in [2.05, 4.69) is 26.8 Å². The number of carbonyl (C=O) groups is 1. The largest absolute Gasteiger partial charge is 0.477 e. The minimum absolute atomic E-state index is 0.0791. The van der Waals surface area contributed by atoms with Gasteiger partial charge < -0.3 is 19.7 Å². The number of ether oxygens (including phenoxy) is 1. The van der Waals surface area contributed by atoms with Crippen LogP contribution in [0.15, 0.2) is 61.1 Å². The normalized spacial score (nSPS) is 11.4. The lowest BCUT2D eigenvalue weighted by molar-refractivity contribution is -0.138. The number of nitrogens with one attached hydrogen (secondary N) is 1. The summed E-state index contributed by atoms with van der Waals surface area (Å²) in [6.07, 6.45) is 0.0219. The van der Waals surface area contributed by atoms with Crippen LogP contribution in [0.3, 0.4) is 0 Å². The van der Waals surface area contributed by atoms with E-state index in [0.717, 1.165) is 22.8 Å². The number of rotatable bonds is 9. The molecule has 208 valence electrons. The number of carboxylic acid groups (broad SMARTS) is 1. The van der Waals surface area contributed by atoms with Crippen molar-refractivity contribution in [2.75, 3.05) is 11.9 Å². The molecule has 3 aromatic heterocycles. The van der Waals surface area contributed by atoms with Crippen LogP contribution in [0.5, 0.6) is 5.88 Å². The number of aryl methyl sites for hydroxylation is 2. The molecular weight excluding hydrogens is 523 g/mol. The van der Waals surface area contributed by atoms with Gasteiger partial charge in [0.05, 0.1) is 12.2 Å². The van der Waals surface area contributed by atoms with E-state index >= 15 is 0 Å². The number of pyridine rings is 1. The van der Waals surface area contributed by atoms with Gasteiger partial charge in [-0.15, -0.1) is 6.58 Å². The Bertz CT molecular complexity index is 1570. The molecule has 0 bridgehead atoms. The molecule has 0 spiro atoms. The first kappa shape index (κ1) is 28.3. The fourth-order valence-electron chi connectivity index (χ4n) is 4.23. The molecule has 3 heterocycles. The van der Waals surface area contributed by atoms with Gasteiger partial charge in [-0.3, -0.25) is 0 Å². The lowest BCUT2D eigenvalue weighted by atomic mass is 10.1. The summed E-state index contributed by atoms with van der Waals surface area (Å²) in [5, 5.41) is 12.9. The summed E-state index contributed by atoms with van der Waals surface area (Å²) in [6.45, 7) is 11.0. The van der Waals surface area contributed by atoms with Crippen LogP contribution in [-0.4, -0.2) is 37.2 Å². The second-order valence-corrected chi connectivity index (χ2v) is 9.55. The fourth-order valence-corrected chi connectivity index (χ4v) is 4.23. The van der Waals surface area contributed by atoms with E-state index in [1.54, 1.807) is 0 Å². The van der Waals surface area contributed by atoms with Crippen LogP contribution >= 0.6 is 0 Å². The van der Waals surface area contributed by atoms with Gasteiger partial charge in [-0.1, -0.05) is 11.6 Å². The highest BCUT2D eigenvalue weighted by atomic mass is 19.4. The average Bonchev–Trinajstić information content (AvgIpc) is 3.25.